The van der Waals surface area contributed by atoms with Gasteiger partial charge in [-0.15, -0.1) is 0 Å². The number of aliphatic hydroxyl groups excluding tert-OH is 2. The van der Waals surface area contributed by atoms with Gasteiger partial charge in [0.25, 0.3) is 0 Å². The van der Waals surface area contributed by atoms with Crippen LogP contribution >= 0.6 is 0 Å². The van der Waals surface area contributed by atoms with Gasteiger partial charge in [0.15, 0.2) is 6.10 Å². The molecule has 3 N–H and O–H groups in total. The van der Waals surface area contributed by atoms with E-state index in [1.807, 2.05) is 12.1 Å². The van der Waals surface area contributed by atoms with Crippen LogP contribution in [0.1, 0.15) is 29.7 Å². The Kier molecular flexibility index (Phi) is 4.52. The summed E-state index contributed by atoms with van der Waals surface area (Å²) in [6.07, 6.45) is -1.85. The molecule has 0 amide bonds. The summed E-state index contributed by atoms with van der Waals surface area (Å²) in [5.74, 6) is -0.800. The third kappa shape index (κ3) is 3.12. The maximum atomic E-state index is 11.4. The molecule has 2 unspecified atom stereocenters. The molecule has 0 fully saturated rings. The molecular formula is C14H19NO4. The summed E-state index contributed by atoms with van der Waals surface area (Å²) in [5, 5.41) is 23.0. The highest BCUT2D eigenvalue weighted by Crippen LogP contribution is 2.23. The zero-order valence-electron chi connectivity index (χ0n) is 10.9. The van der Waals surface area contributed by atoms with Crippen LogP contribution in [0.5, 0.6) is 0 Å². The number of carbonyl (C=O) groups is 1. The lowest BCUT2D eigenvalue weighted by Crippen LogP contribution is -2.30. The molecule has 1 heterocycles. The van der Waals surface area contributed by atoms with Crippen molar-refractivity contribution in [3.05, 3.63) is 34.9 Å². The van der Waals surface area contributed by atoms with E-state index in [0.29, 0.717) is 5.56 Å². The van der Waals surface area contributed by atoms with Crippen molar-refractivity contribution in [2.75, 3.05) is 13.2 Å². The molecular weight excluding hydrogens is 246 g/mol. The van der Waals surface area contributed by atoms with Gasteiger partial charge in [0.1, 0.15) is 6.10 Å². The monoisotopic (exact) mass is 265 g/mol. The SMILES string of the molecule is CCOC(=O)C(O)C(O)c1ccc2c(c1)CNCC2. The zero-order chi connectivity index (χ0) is 13.8. The Morgan fingerprint density at radius 2 is 2.21 bits per heavy atom. The number of hydrogen-bond acceptors (Lipinski definition) is 5. The van der Waals surface area contributed by atoms with Crippen molar-refractivity contribution in [3.63, 3.8) is 0 Å². The number of carbonyl (C=O) groups excluding carboxylic acids is 1. The van der Waals surface area contributed by atoms with Crippen molar-refractivity contribution < 1.29 is 19.7 Å². The molecule has 1 aliphatic heterocycles. The van der Waals surface area contributed by atoms with Gasteiger partial charge in [-0.1, -0.05) is 18.2 Å². The number of benzene rings is 1. The van der Waals surface area contributed by atoms with Gasteiger partial charge in [0.05, 0.1) is 6.61 Å². The molecule has 1 aromatic rings. The van der Waals surface area contributed by atoms with Gasteiger partial charge in [-0.25, -0.2) is 4.79 Å². The topological polar surface area (TPSA) is 78.8 Å². The molecule has 5 heteroatoms. The van der Waals surface area contributed by atoms with Crippen LogP contribution < -0.4 is 5.32 Å². The molecule has 1 aliphatic rings. The van der Waals surface area contributed by atoms with Crippen molar-refractivity contribution >= 4 is 5.97 Å². The molecule has 5 nitrogen and oxygen atoms in total. The van der Waals surface area contributed by atoms with E-state index in [0.717, 1.165) is 25.1 Å². The smallest absolute Gasteiger partial charge is 0.338 e. The fourth-order valence-corrected chi connectivity index (χ4v) is 2.22. The Balaban J connectivity index is 2.14. The van der Waals surface area contributed by atoms with Crippen molar-refractivity contribution in [1.29, 1.82) is 0 Å². The molecule has 0 radical (unpaired) electrons. The number of nitrogens with one attached hydrogen (secondary N) is 1. The highest BCUT2D eigenvalue weighted by Gasteiger charge is 2.27. The predicted octanol–water partition coefficient (Wildman–Crippen LogP) is 0.290. The molecule has 0 saturated carbocycles. The van der Waals surface area contributed by atoms with Gasteiger partial charge < -0.3 is 20.3 Å². The third-order valence-electron chi connectivity index (χ3n) is 3.29. The van der Waals surface area contributed by atoms with Crippen LogP contribution in [-0.2, 0) is 22.5 Å². The Hall–Kier alpha value is -1.43. The van der Waals surface area contributed by atoms with Crippen molar-refractivity contribution in [1.82, 2.24) is 5.32 Å². The average Bonchev–Trinajstić information content (AvgIpc) is 2.45. The molecule has 0 bridgehead atoms. The summed E-state index contributed by atoms with van der Waals surface area (Å²) < 4.78 is 4.70. The molecule has 0 saturated heterocycles. The number of esters is 1. The van der Waals surface area contributed by atoms with Gasteiger partial charge in [-0.2, -0.15) is 0 Å². The van der Waals surface area contributed by atoms with Crippen LogP contribution in [-0.4, -0.2) is 35.4 Å². The first-order valence-corrected chi connectivity index (χ1v) is 6.48. The molecule has 0 aromatic heterocycles. The van der Waals surface area contributed by atoms with Crippen molar-refractivity contribution in [2.24, 2.45) is 0 Å². The zero-order valence-corrected chi connectivity index (χ0v) is 10.9. The molecule has 0 spiro atoms. The van der Waals surface area contributed by atoms with Crippen LogP contribution in [0.4, 0.5) is 0 Å². The van der Waals surface area contributed by atoms with E-state index in [2.05, 4.69) is 5.32 Å². The lowest BCUT2D eigenvalue weighted by atomic mass is 9.95. The van der Waals surface area contributed by atoms with E-state index in [-0.39, 0.29) is 6.61 Å². The summed E-state index contributed by atoms with van der Waals surface area (Å²) in [6.45, 7) is 3.52. The fraction of sp³-hybridized carbons (Fsp3) is 0.500. The highest BCUT2D eigenvalue weighted by atomic mass is 16.5. The summed E-state index contributed by atoms with van der Waals surface area (Å²) in [6, 6.07) is 5.51. The second-order valence-corrected chi connectivity index (χ2v) is 4.60. The van der Waals surface area contributed by atoms with E-state index >= 15 is 0 Å². The van der Waals surface area contributed by atoms with Crippen LogP contribution in [0.25, 0.3) is 0 Å². The van der Waals surface area contributed by atoms with E-state index in [1.54, 1.807) is 13.0 Å². The second-order valence-electron chi connectivity index (χ2n) is 4.60. The molecule has 19 heavy (non-hydrogen) atoms. The minimum Gasteiger partial charge on any atom is -0.464 e. The van der Waals surface area contributed by atoms with Gasteiger partial charge >= 0.3 is 5.97 Å². The van der Waals surface area contributed by atoms with Crippen molar-refractivity contribution in [3.8, 4) is 0 Å². The molecule has 1 aromatic carbocycles. The summed E-state index contributed by atoms with van der Waals surface area (Å²) in [7, 11) is 0. The van der Waals surface area contributed by atoms with E-state index in [1.165, 1.54) is 5.56 Å². The van der Waals surface area contributed by atoms with Crippen LogP contribution in [0.15, 0.2) is 18.2 Å². The maximum absolute atomic E-state index is 11.4. The Labute approximate surface area is 112 Å². The van der Waals surface area contributed by atoms with Crippen LogP contribution in [0, 0.1) is 0 Å². The first-order valence-electron chi connectivity index (χ1n) is 6.48. The third-order valence-corrected chi connectivity index (χ3v) is 3.29. The summed E-state index contributed by atoms with van der Waals surface area (Å²) >= 11 is 0. The van der Waals surface area contributed by atoms with E-state index in [9.17, 15) is 15.0 Å². The lowest BCUT2D eigenvalue weighted by molar-refractivity contribution is -0.159. The van der Waals surface area contributed by atoms with Gasteiger partial charge in [0.2, 0.25) is 0 Å². The quantitative estimate of drug-likeness (QED) is 0.682. The van der Waals surface area contributed by atoms with Crippen LogP contribution in [0.3, 0.4) is 0 Å². The molecule has 104 valence electrons. The minimum absolute atomic E-state index is 0.177. The fourth-order valence-electron chi connectivity index (χ4n) is 2.22. The molecule has 2 rings (SSSR count). The summed E-state index contributed by atoms with van der Waals surface area (Å²) in [5.41, 5.74) is 2.86. The Bertz CT molecular complexity index is 461. The number of hydrogen-bond donors (Lipinski definition) is 3. The molecule has 0 aliphatic carbocycles. The Morgan fingerprint density at radius 1 is 1.42 bits per heavy atom. The minimum atomic E-state index is -1.55. The predicted molar refractivity (Wildman–Crippen MR) is 69.5 cm³/mol. The number of rotatable bonds is 4. The van der Waals surface area contributed by atoms with Crippen LogP contribution in [0.2, 0.25) is 0 Å². The van der Waals surface area contributed by atoms with Crippen molar-refractivity contribution in [2.45, 2.75) is 32.1 Å². The van der Waals surface area contributed by atoms with E-state index < -0.39 is 18.2 Å². The highest BCUT2D eigenvalue weighted by molar-refractivity contribution is 5.75. The van der Waals surface area contributed by atoms with E-state index in [4.69, 9.17) is 4.74 Å². The normalized spacial score (nSPS) is 17.4. The number of aliphatic hydroxyl groups is 2. The van der Waals surface area contributed by atoms with Gasteiger partial charge in [0, 0.05) is 6.54 Å². The Morgan fingerprint density at radius 3 is 2.95 bits per heavy atom. The lowest BCUT2D eigenvalue weighted by Gasteiger charge is -2.21. The largest absolute Gasteiger partial charge is 0.464 e. The van der Waals surface area contributed by atoms with Gasteiger partial charge in [-0.3, -0.25) is 0 Å². The first kappa shape index (κ1) is 14.0. The molecule has 2 atom stereocenters. The maximum Gasteiger partial charge on any atom is 0.338 e. The number of ether oxygens (including phenoxy) is 1. The second kappa shape index (κ2) is 6.14. The average molecular weight is 265 g/mol. The summed E-state index contributed by atoms with van der Waals surface area (Å²) in [4.78, 5) is 11.4. The van der Waals surface area contributed by atoms with Gasteiger partial charge in [-0.05, 0) is 36.6 Å². The number of fused-ring (bicyclic) bond motifs is 1. The standard InChI is InChI=1S/C14H19NO4/c1-2-19-14(18)13(17)12(16)10-4-3-9-5-6-15-8-11(9)7-10/h3-4,7,12-13,15-17H,2,5-6,8H2,1H3. The first-order chi connectivity index (χ1) is 9.13.